The second-order valence-electron chi connectivity index (χ2n) is 6.77. The van der Waals surface area contributed by atoms with E-state index in [2.05, 4.69) is 50.5 Å². The molecule has 5 nitrogen and oxygen atoms in total. The lowest BCUT2D eigenvalue weighted by Gasteiger charge is -2.29. The zero-order chi connectivity index (χ0) is 17.8. The van der Waals surface area contributed by atoms with E-state index < -0.39 is 0 Å². The molecule has 4 rings (SSSR count). The van der Waals surface area contributed by atoms with E-state index in [4.69, 9.17) is 0 Å². The van der Waals surface area contributed by atoms with Crippen LogP contribution in [0.4, 0.5) is 5.82 Å². The van der Waals surface area contributed by atoms with E-state index in [1.54, 1.807) is 17.7 Å². The number of hydrogen-bond acceptors (Lipinski definition) is 6. The average molecular weight is 369 g/mol. The number of benzene rings is 1. The second-order valence-corrected chi connectivity index (χ2v) is 7.80. The Morgan fingerprint density at radius 3 is 2.77 bits per heavy atom. The summed E-state index contributed by atoms with van der Waals surface area (Å²) in [6, 6.07) is 12.6. The maximum atomic E-state index is 9.58. The van der Waals surface area contributed by atoms with Gasteiger partial charge in [-0.3, -0.25) is 0 Å². The number of aliphatic hydroxyl groups is 1. The summed E-state index contributed by atoms with van der Waals surface area (Å²) in [6.07, 6.45) is 4.41. The molecule has 6 heteroatoms. The number of nitrogens with zero attached hydrogens (tertiary/aromatic N) is 3. The number of piperidine rings is 1. The quantitative estimate of drug-likeness (QED) is 0.651. The van der Waals surface area contributed by atoms with Crippen molar-refractivity contribution in [3.8, 4) is 10.4 Å². The Labute approximate surface area is 157 Å². The fraction of sp³-hybridized carbons (Fsp3) is 0.400. The summed E-state index contributed by atoms with van der Waals surface area (Å²) in [5, 5.41) is 14.2. The first-order chi connectivity index (χ1) is 12.8. The van der Waals surface area contributed by atoms with Gasteiger partial charge < -0.3 is 15.3 Å². The molecule has 1 saturated heterocycles. The zero-order valence-corrected chi connectivity index (χ0v) is 15.6. The average Bonchev–Trinajstić information content (AvgIpc) is 3.12. The van der Waals surface area contributed by atoms with Gasteiger partial charge in [-0.15, -0.1) is 11.3 Å². The van der Waals surface area contributed by atoms with Crippen molar-refractivity contribution >= 4 is 27.4 Å². The number of rotatable bonds is 6. The van der Waals surface area contributed by atoms with Crippen LogP contribution >= 0.6 is 11.3 Å². The number of aliphatic hydroxyl groups excluding tert-OH is 1. The highest BCUT2D eigenvalue weighted by Gasteiger charge is 2.16. The number of anilines is 1. The van der Waals surface area contributed by atoms with Crippen molar-refractivity contribution in [3.63, 3.8) is 0 Å². The fourth-order valence-electron chi connectivity index (χ4n) is 3.39. The van der Waals surface area contributed by atoms with Crippen LogP contribution in [0.5, 0.6) is 0 Å². The smallest absolute Gasteiger partial charge is 0.138 e. The second kappa shape index (κ2) is 8.12. The SMILES string of the molecule is OC1CCN(CCCNc2ncnc3sc(-c4ccccc4)cc23)CC1. The molecular weight excluding hydrogens is 344 g/mol. The van der Waals surface area contributed by atoms with Crippen molar-refractivity contribution in [2.75, 3.05) is 31.5 Å². The lowest BCUT2D eigenvalue weighted by atomic mass is 10.1. The summed E-state index contributed by atoms with van der Waals surface area (Å²) in [6.45, 7) is 3.96. The highest BCUT2D eigenvalue weighted by molar-refractivity contribution is 7.21. The molecule has 1 aliphatic rings. The Hall–Kier alpha value is -2.02. The molecule has 0 spiro atoms. The number of hydrogen-bond donors (Lipinski definition) is 2. The van der Waals surface area contributed by atoms with Crippen LogP contribution in [-0.2, 0) is 0 Å². The maximum absolute atomic E-state index is 9.58. The van der Waals surface area contributed by atoms with Gasteiger partial charge in [0.25, 0.3) is 0 Å². The molecule has 26 heavy (non-hydrogen) atoms. The van der Waals surface area contributed by atoms with E-state index in [0.29, 0.717) is 0 Å². The molecule has 3 aromatic rings. The normalized spacial score (nSPS) is 16.2. The van der Waals surface area contributed by atoms with E-state index in [0.717, 1.165) is 61.5 Å². The molecule has 0 atom stereocenters. The Kier molecular flexibility index (Phi) is 5.43. The number of likely N-dealkylation sites (tertiary alicyclic amines) is 1. The molecule has 0 bridgehead atoms. The first-order valence-electron chi connectivity index (χ1n) is 9.24. The molecule has 1 fully saturated rings. The van der Waals surface area contributed by atoms with Crippen LogP contribution in [0.3, 0.4) is 0 Å². The number of nitrogens with one attached hydrogen (secondary N) is 1. The van der Waals surface area contributed by atoms with Crippen LogP contribution < -0.4 is 5.32 Å². The van der Waals surface area contributed by atoms with Gasteiger partial charge in [0.15, 0.2) is 0 Å². The summed E-state index contributed by atoms with van der Waals surface area (Å²) in [5.41, 5.74) is 1.22. The van der Waals surface area contributed by atoms with Gasteiger partial charge in [0.05, 0.1) is 11.5 Å². The van der Waals surface area contributed by atoms with Crippen molar-refractivity contribution in [1.82, 2.24) is 14.9 Å². The van der Waals surface area contributed by atoms with Gasteiger partial charge in [-0.05, 0) is 37.4 Å². The van der Waals surface area contributed by atoms with Crippen molar-refractivity contribution in [2.24, 2.45) is 0 Å². The summed E-state index contributed by atoms with van der Waals surface area (Å²) in [5.74, 6) is 0.919. The van der Waals surface area contributed by atoms with E-state index >= 15 is 0 Å². The number of thiophene rings is 1. The molecule has 2 aromatic heterocycles. The third-order valence-corrected chi connectivity index (χ3v) is 5.98. The molecule has 3 heterocycles. The number of fused-ring (bicyclic) bond motifs is 1. The molecule has 0 aliphatic carbocycles. The van der Waals surface area contributed by atoms with Gasteiger partial charge in [0.2, 0.25) is 0 Å². The molecule has 0 radical (unpaired) electrons. The summed E-state index contributed by atoms with van der Waals surface area (Å²) >= 11 is 1.70. The van der Waals surface area contributed by atoms with E-state index in [-0.39, 0.29) is 6.10 Å². The standard InChI is InChI=1S/C20H24N4OS/c25-16-7-11-24(12-8-16)10-4-9-21-19-17-13-18(15-5-2-1-3-6-15)26-20(17)23-14-22-19/h1-3,5-6,13-14,16,25H,4,7-12H2,(H,21,22,23). The van der Waals surface area contributed by atoms with Gasteiger partial charge in [0.1, 0.15) is 17.0 Å². The fourth-order valence-corrected chi connectivity index (χ4v) is 4.40. The molecule has 0 saturated carbocycles. The largest absolute Gasteiger partial charge is 0.393 e. The zero-order valence-electron chi connectivity index (χ0n) is 14.8. The summed E-state index contributed by atoms with van der Waals surface area (Å²) in [7, 11) is 0. The van der Waals surface area contributed by atoms with Gasteiger partial charge in [-0.1, -0.05) is 30.3 Å². The van der Waals surface area contributed by atoms with E-state index in [9.17, 15) is 5.11 Å². The van der Waals surface area contributed by atoms with Crippen LogP contribution in [0.25, 0.3) is 20.7 Å². The molecule has 0 unspecified atom stereocenters. The van der Waals surface area contributed by atoms with Gasteiger partial charge in [-0.2, -0.15) is 0 Å². The molecule has 2 N–H and O–H groups in total. The lowest BCUT2D eigenvalue weighted by Crippen LogP contribution is -2.36. The minimum atomic E-state index is -0.101. The Balaban J connectivity index is 1.38. The summed E-state index contributed by atoms with van der Waals surface area (Å²) in [4.78, 5) is 13.5. The maximum Gasteiger partial charge on any atom is 0.138 e. The lowest BCUT2D eigenvalue weighted by molar-refractivity contribution is 0.0825. The Morgan fingerprint density at radius 2 is 1.96 bits per heavy atom. The van der Waals surface area contributed by atoms with Crippen LogP contribution in [0, 0.1) is 0 Å². The van der Waals surface area contributed by atoms with Crippen molar-refractivity contribution in [1.29, 1.82) is 0 Å². The Morgan fingerprint density at radius 1 is 1.15 bits per heavy atom. The van der Waals surface area contributed by atoms with Gasteiger partial charge >= 0.3 is 0 Å². The number of aromatic nitrogens is 2. The monoisotopic (exact) mass is 368 g/mol. The van der Waals surface area contributed by atoms with Crippen LogP contribution in [0.2, 0.25) is 0 Å². The first kappa shape index (κ1) is 17.4. The molecule has 0 amide bonds. The molecule has 1 aromatic carbocycles. The third-order valence-electron chi connectivity index (χ3n) is 4.89. The highest BCUT2D eigenvalue weighted by atomic mass is 32.1. The van der Waals surface area contributed by atoms with E-state index in [1.807, 2.05) is 6.07 Å². The molecular formula is C20H24N4OS. The minimum absolute atomic E-state index is 0.101. The first-order valence-corrected chi connectivity index (χ1v) is 10.1. The third kappa shape index (κ3) is 4.03. The van der Waals surface area contributed by atoms with E-state index in [1.165, 1.54) is 10.4 Å². The molecule has 136 valence electrons. The summed E-state index contributed by atoms with van der Waals surface area (Å²) < 4.78 is 0. The van der Waals surface area contributed by atoms with Gasteiger partial charge in [-0.25, -0.2) is 9.97 Å². The van der Waals surface area contributed by atoms with Crippen molar-refractivity contribution in [2.45, 2.75) is 25.4 Å². The highest BCUT2D eigenvalue weighted by Crippen LogP contribution is 2.34. The van der Waals surface area contributed by atoms with Crippen molar-refractivity contribution in [3.05, 3.63) is 42.7 Å². The van der Waals surface area contributed by atoms with Crippen LogP contribution in [0.15, 0.2) is 42.7 Å². The predicted molar refractivity (Wildman–Crippen MR) is 108 cm³/mol. The minimum Gasteiger partial charge on any atom is -0.393 e. The van der Waals surface area contributed by atoms with Crippen LogP contribution in [-0.4, -0.2) is 52.3 Å². The predicted octanol–water partition coefficient (Wildman–Crippen LogP) is 3.62. The van der Waals surface area contributed by atoms with Gasteiger partial charge in [0, 0.05) is 24.5 Å². The van der Waals surface area contributed by atoms with Crippen LogP contribution in [0.1, 0.15) is 19.3 Å². The molecule has 1 aliphatic heterocycles. The van der Waals surface area contributed by atoms with Crippen molar-refractivity contribution < 1.29 is 5.11 Å². The Bertz CT molecular complexity index is 843. The topological polar surface area (TPSA) is 61.3 Å².